The Kier molecular flexibility index (Phi) is 10.6. The molecular formula is C36H55N5O7S. The Hall–Kier alpha value is -2.42. The van der Waals surface area contributed by atoms with Crippen LogP contribution in [0.15, 0.2) is 27.7 Å². The highest BCUT2D eigenvalue weighted by molar-refractivity contribution is 7.99. The second-order valence-electron chi connectivity index (χ2n) is 15.8. The summed E-state index contributed by atoms with van der Waals surface area (Å²) in [4.78, 5) is 26.0. The minimum absolute atomic E-state index is 0.00301. The van der Waals surface area contributed by atoms with Gasteiger partial charge < -0.3 is 36.6 Å². The maximum atomic E-state index is 12.8. The quantitative estimate of drug-likeness (QED) is 0.0690. The van der Waals surface area contributed by atoms with Crippen molar-refractivity contribution in [1.82, 2.24) is 9.99 Å². The second-order valence-corrected chi connectivity index (χ2v) is 16.9. The Morgan fingerprint density at radius 1 is 1.22 bits per heavy atom. The van der Waals surface area contributed by atoms with Gasteiger partial charge in [-0.3, -0.25) is 14.2 Å². The minimum atomic E-state index is -0.504. The lowest BCUT2D eigenvalue weighted by atomic mass is 9.46. The van der Waals surface area contributed by atoms with Crippen molar-refractivity contribution >= 4 is 29.2 Å². The van der Waals surface area contributed by atoms with Crippen molar-refractivity contribution < 1.29 is 34.8 Å². The number of allylic oxidation sites excluding steroid dienone is 2. The van der Waals surface area contributed by atoms with E-state index in [0.717, 1.165) is 44.2 Å². The molecule has 1 aliphatic heterocycles. The van der Waals surface area contributed by atoms with Crippen LogP contribution in [0.3, 0.4) is 0 Å². The summed E-state index contributed by atoms with van der Waals surface area (Å²) in [5.74, 6) is 1.09. The monoisotopic (exact) mass is 701 g/mol. The number of carbonyl (C=O) groups is 2. The van der Waals surface area contributed by atoms with E-state index >= 15 is 0 Å². The van der Waals surface area contributed by atoms with Gasteiger partial charge in [-0.1, -0.05) is 32.8 Å². The molecule has 272 valence electrons. The SMILES string of the molecule is CC1CC2C3CCC4=CC(=NNC(=O)CCCCCn5c(O)cc(SCC(N)C6OC6N)c5O)CCC4(C)C3C(O)CC2(C)C1C(=O)CO. The highest BCUT2D eigenvalue weighted by atomic mass is 32.2. The van der Waals surface area contributed by atoms with Crippen LogP contribution in [-0.4, -0.2) is 79.2 Å². The fraction of sp³-hybridized carbons (Fsp3) is 0.750. The lowest BCUT2D eigenvalue weighted by Gasteiger charge is -2.59. The molecule has 1 aromatic rings. The number of fused-ring (bicyclic) bond motifs is 5. The number of ketones is 1. The molecule has 4 aliphatic carbocycles. The molecule has 5 aliphatic rings. The third-order valence-corrected chi connectivity index (χ3v) is 14.0. The molecular weight excluding hydrogens is 646 g/mol. The van der Waals surface area contributed by atoms with E-state index < -0.39 is 12.7 Å². The number of ether oxygens (including phenoxy) is 1. The van der Waals surface area contributed by atoms with Crippen LogP contribution in [0.25, 0.3) is 0 Å². The fourth-order valence-corrected chi connectivity index (χ4v) is 11.4. The van der Waals surface area contributed by atoms with Gasteiger partial charge in [0.1, 0.15) is 18.9 Å². The summed E-state index contributed by atoms with van der Waals surface area (Å²) < 4.78 is 6.66. The van der Waals surface area contributed by atoms with Crippen molar-refractivity contribution in [2.24, 2.45) is 57.0 Å². The Labute approximate surface area is 293 Å². The number of nitrogens with two attached hydrogens (primary N) is 2. The number of thioether (sulfide) groups is 1. The maximum absolute atomic E-state index is 12.8. The first-order valence-electron chi connectivity index (χ1n) is 18.1. The van der Waals surface area contributed by atoms with E-state index in [0.29, 0.717) is 54.7 Å². The number of nitrogens with zero attached hydrogens (tertiary/aromatic N) is 2. The Balaban J connectivity index is 0.972. The number of Topliss-reactive ketones (excluding diaryl/α,β-unsaturated/α-hetero) is 1. The number of amides is 1. The molecule has 0 aromatic carbocycles. The fourth-order valence-electron chi connectivity index (χ4n) is 10.5. The Morgan fingerprint density at radius 3 is 2.69 bits per heavy atom. The summed E-state index contributed by atoms with van der Waals surface area (Å²) in [5.41, 5.74) is 16.2. The van der Waals surface area contributed by atoms with Crippen molar-refractivity contribution in [2.45, 2.75) is 121 Å². The summed E-state index contributed by atoms with van der Waals surface area (Å²) in [5, 5.41) is 46.8. The molecule has 3 saturated carbocycles. The molecule has 9 N–H and O–H groups in total. The number of aliphatic hydroxyl groups excluding tert-OH is 2. The number of hydrogen-bond acceptors (Lipinski definition) is 11. The minimum Gasteiger partial charge on any atom is -0.494 e. The van der Waals surface area contributed by atoms with Crippen LogP contribution in [-0.2, 0) is 20.9 Å². The van der Waals surface area contributed by atoms with E-state index in [1.807, 2.05) is 0 Å². The highest BCUT2D eigenvalue weighted by Gasteiger charge is 2.64. The second kappa shape index (κ2) is 14.3. The first kappa shape index (κ1) is 36.4. The van der Waals surface area contributed by atoms with E-state index in [2.05, 4.69) is 37.4 Å². The molecule has 13 heteroatoms. The van der Waals surface area contributed by atoms with Gasteiger partial charge in [0.05, 0.1) is 16.7 Å². The van der Waals surface area contributed by atoms with Crippen LogP contribution in [0.2, 0.25) is 0 Å². The number of epoxide rings is 1. The average molecular weight is 702 g/mol. The highest BCUT2D eigenvalue weighted by Crippen LogP contribution is 2.67. The van der Waals surface area contributed by atoms with Crippen molar-refractivity contribution in [2.75, 3.05) is 12.4 Å². The molecule has 6 rings (SSSR count). The van der Waals surface area contributed by atoms with Crippen LogP contribution >= 0.6 is 11.8 Å². The van der Waals surface area contributed by atoms with Crippen molar-refractivity contribution in [1.29, 1.82) is 0 Å². The van der Waals surface area contributed by atoms with Gasteiger partial charge in [-0.2, -0.15) is 5.10 Å². The van der Waals surface area contributed by atoms with Gasteiger partial charge in [0, 0.05) is 36.7 Å². The van der Waals surface area contributed by atoms with Gasteiger partial charge in [0.25, 0.3) is 0 Å². The summed E-state index contributed by atoms with van der Waals surface area (Å²) in [7, 11) is 0. The van der Waals surface area contributed by atoms with Gasteiger partial charge in [-0.15, -0.1) is 11.8 Å². The first-order valence-corrected chi connectivity index (χ1v) is 19.1. The van der Waals surface area contributed by atoms with Gasteiger partial charge in [0.15, 0.2) is 11.7 Å². The van der Waals surface area contributed by atoms with Crippen LogP contribution in [0.4, 0.5) is 0 Å². The number of carbonyl (C=O) groups excluding carboxylic acids is 2. The molecule has 12 nitrogen and oxygen atoms in total. The lowest BCUT2D eigenvalue weighted by Crippen LogP contribution is -2.57. The smallest absolute Gasteiger partial charge is 0.240 e. The van der Waals surface area contributed by atoms with Crippen molar-refractivity contribution in [3.63, 3.8) is 0 Å². The molecule has 0 spiro atoms. The third-order valence-electron chi connectivity index (χ3n) is 12.8. The van der Waals surface area contributed by atoms with Crippen LogP contribution in [0, 0.1) is 40.4 Å². The molecule has 1 amide bonds. The standard InChI is InChI=1S/C36H55N5O7S/c1-19-13-23-22-9-8-20-14-21(10-11-35(20,2)31(22)25(43)16-36(23,3)30(19)26(44)17-42)39-40-28(45)7-5-4-6-12-41-29(46)15-27(34(41)47)49-18-24(37)32-33(38)48-32/h14-15,19,22-25,30-33,42-43,46-47H,4-13,16-18,37-38H2,1-3H3,(H,40,45). The summed E-state index contributed by atoms with van der Waals surface area (Å²) in [6.45, 7) is 6.59. The summed E-state index contributed by atoms with van der Waals surface area (Å²) in [6, 6.07) is 1.28. The molecule has 0 radical (unpaired) electrons. The number of unbranched alkanes of at least 4 members (excludes halogenated alkanes) is 2. The molecule has 4 fully saturated rings. The number of hydrazone groups is 1. The molecule has 1 aromatic heterocycles. The van der Waals surface area contributed by atoms with E-state index in [-0.39, 0.29) is 70.4 Å². The average Bonchev–Trinajstić information content (AvgIpc) is 3.65. The van der Waals surface area contributed by atoms with Crippen LogP contribution < -0.4 is 16.9 Å². The van der Waals surface area contributed by atoms with Crippen LogP contribution in [0.1, 0.15) is 85.0 Å². The number of aromatic hydroxyl groups is 2. The maximum Gasteiger partial charge on any atom is 0.240 e. The predicted octanol–water partition coefficient (Wildman–Crippen LogP) is 3.39. The Bertz CT molecular complexity index is 1480. The molecule has 49 heavy (non-hydrogen) atoms. The molecule has 11 atom stereocenters. The zero-order chi connectivity index (χ0) is 35.2. The van der Waals surface area contributed by atoms with Gasteiger partial charge >= 0.3 is 0 Å². The molecule has 2 heterocycles. The summed E-state index contributed by atoms with van der Waals surface area (Å²) in [6.07, 6.45) is 8.57. The summed E-state index contributed by atoms with van der Waals surface area (Å²) >= 11 is 1.35. The first-order chi connectivity index (χ1) is 23.3. The predicted molar refractivity (Wildman–Crippen MR) is 187 cm³/mol. The van der Waals surface area contributed by atoms with Gasteiger partial charge in [-0.25, -0.2) is 5.43 Å². The van der Waals surface area contributed by atoms with E-state index in [1.165, 1.54) is 28.0 Å². The number of hydrogen-bond donors (Lipinski definition) is 7. The normalized spacial score (nSPS) is 37.9. The van der Waals surface area contributed by atoms with Crippen LogP contribution in [0.5, 0.6) is 11.8 Å². The number of rotatable bonds is 13. The topological polar surface area (TPSA) is 209 Å². The number of nitrogens with one attached hydrogen (secondary N) is 1. The third kappa shape index (κ3) is 6.95. The molecule has 1 saturated heterocycles. The largest absolute Gasteiger partial charge is 0.494 e. The molecule has 11 unspecified atom stereocenters. The Morgan fingerprint density at radius 2 is 1.98 bits per heavy atom. The zero-order valence-electron chi connectivity index (χ0n) is 29.0. The van der Waals surface area contributed by atoms with Crippen molar-refractivity contribution in [3.8, 4) is 11.8 Å². The van der Waals surface area contributed by atoms with E-state index in [4.69, 9.17) is 16.2 Å². The zero-order valence-corrected chi connectivity index (χ0v) is 29.8. The van der Waals surface area contributed by atoms with E-state index in [9.17, 15) is 30.0 Å². The lowest BCUT2D eigenvalue weighted by molar-refractivity contribution is -0.145. The van der Waals surface area contributed by atoms with Crippen molar-refractivity contribution in [3.05, 3.63) is 17.7 Å². The van der Waals surface area contributed by atoms with Gasteiger partial charge in [0.2, 0.25) is 11.8 Å². The number of aromatic nitrogens is 1. The van der Waals surface area contributed by atoms with Gasteiger partial charge in [-0.05, 0) is 91.9 Å². The number of aliphatic hydroxyl groups is 2. The molecule has 0 bridgehead atoms. The van der Waals surface area contributed by atoms with E-state index in [1.54, 1.807) is 0 Å².